The van der Waals surface area contributed by atoms with Gasteiger partial charge in [0.05, 0.1) is 5.56 Å². The number of nitrogens with zero attached hydrogens (tertiary/aromatic N) is 1. The number of aryl methyl sites for hydroxylation is 1. The largest absolute Gasteiger partial charge is 0.460 e. The lowest BCUT2D eigenvalue weighted by Gasteiger charge is -2.20. The Morgan fingerprint density at radius 1 is 1.30 bits per heavy atom. The van der Waals surface area contributed by atoms with E-state index in [1.165, 1.54) is 12.1 Å². The summed E-state index contributed by atoms with van der Waals surface area (Å²) in [6.07, 6.45) is -4.92. The SMILES string of the molecule is CC(C)(C)OC(=O)CCc1ccc(/C(N)=N\O)cc1C(F)(F)F. The van der Waals surface area contributed by atoms with Crippen molar-refractivity contribution < 1.29 is 27.9 Å². The second kappa shape index (κ2) is 6.89. The van der Waals surface area contributed by atoms with Crippen molar-refractivity contribution in [2.75, 3.05) is 0 Å². The monoisotopic (exact) mass is 332 g/mol. The third-order valence-electron chi connectivity index (χ3n) is 2.84. The van der Waals surface area contributed by atoms with Crippen LogP contribution in [0.1, 0.15) is 43.9 Å². The fraction of sp³-hybridized carbons (Fsp3) is 0.467. The van der Waals surface area contributed by atoms with Gasteiger partial charge in [0.25, 0.3) is 0 Å². The van der Waals surface area contributed by atoms with Crippen molar-refractivity contribution >= 4 is 11.8 Å². The van der Waals surface area contributed by atoms with Gasteiger partial charge in [-0.1, -0.05) is 17.3 Å². The van der Waals surface area contributed by atoms with Gasteiger partial charge in [-0.2, -0.15) is 13.2 Å². The minimum atomic E-state index is -4.62. The zero-order valence-corrected chi connectivity index (χ0v) is 13.1. The number of alkyl halides is 3. The number of oxime groups is 1. The van der Waals surface area contributed by atoms with Gasteiger partial charge < -0.3 is 15.7 Å². The average molecular weight is 332 g/mol. The van der Waals surface area contributed by atoms with Crippen LogP contribution in [0.15, 0.2) is 23.4 Å². The first-order valence-corrected chi connectivity index (χ1v) is 6.84. The van der Waals surface area contributed by atoms with Crippen molar-refractivity contribution in [1.82, 2.24) is 0 Å². The molecule has 0 amide bonds. The van der Waals surface area contributed by atoms with Gasteiger partial charge in [0.2, 0.25) is 0 Å². The quantitative estimate of drug-likeness (QED) is 0.292. The van der Waals surface area contributed by atoms with Crippen LogP contribution >= 0.6 is 0 Å². The van der Waals surface area contributed by atoms with Crippen molar-refractivity contribution in [3.05, 3.63) is 34.9 Å². The zero-order valence-electron chi connectivity index (χ0n) is 13.1. The molecule has 0 saturated carbocycles. The van der Waals surface area contributed by atoms with Gasteiger partial charge in [-0.15, -0.1) is 0 Å². The second-order valence-electron chi connectivity index (χ2n) is 5.94. The Labute approximate surface area is 131 Å². The molecule has 0 heterocycles. The lowest BCUT2D eigenvalue weighted by molar-refractivity contribution is -0.155. The minimum absolute atomic E-state index is 0.0548. The van der Waals surface area contributed by atoms with Crippen molar-refractivity contribution in [3.8, 4) is 0 Å². The molecule has 23 heavy (non-hydrogen) atoms. The van der Waals surface area contributed by atoms with Gasteiger partial charge in [-0.3, -0.25) is 4.79 Å². The fourth-order valence-corrected chi connectivity index (χ4v) is 1.90. The average Bonchev–Trinajstić information content (AvgIpc) is 2.41. The number of carbonyl (C=O) groups is 1. The van der Waals surface area contributed by atoms with Gasteiger partial charge >= 0.3 is 12.1 Å². The number of benzene rings is 1. The number of hydrogen-bond acceptors (Lipinski definition) is 4. The van der Waals surface area contributed by atoms with E-state index in [2.05, 4.69) is 5.16 Å². The Morgan fingerprint density at radius 2 is 1.91 bits per heavy atom. The molecule has 0 aromatic heterocycles. The molecule has 0 aliphatic rings. The van der Waals surface area contributed by atoms with E-state index in [4.69, 9.17) is 15.7 Å². The Morgan fingerprint density at radius 3 is 2.39 bits per heavy atom. The van der Waals surface area contributed by atoms with E-state index in [1.54, 1.807) is 20.8 Å². The lowest BCUT2D eigenvalue weighted by Crippen LogP contribution is -2.24. The number of ether oxygens (including phenoxy) is 1. The highest BCUT2D eigenvalue weighted by Crippen LogP contribution is 2.33. The second-order valence-corrected chi connectivity index (χ2v) is 5.94. The molecule has 1 aromatic rings. The first-order valence-electron chi connectivity index (χ1n) is 6.84. The predicted octanol–water partition coefficient (Wildman–Crippen LogP) is 3.07. The molecule has 5 nitrogen and oxygen atoms in total. The van der Waals surface area contributed by atoms with Crippen molar-refractivity contribution in [3.63, 3.8) is 0 Å². The Hall–Kier alpha value is -2.25. The van der Waals surface area contributed by atoms with Crippen LogP contribution in [-0.4, -0.2) is 22.6 Å². The number of nitrogens with two attached hydrogens (primary N) is 1. The third kappa shape index (κ3) is 5.80. The summed E-state index contributed by atoms with van der Waals surface area (Å²) in [7, 11) is 0. The van der Waals surface area contributed by atoms with Crippen LogP contribution in [0.3, 0.4) is 0 Å². The summed E-state index contributed by atoms with van der Waals surface area (Å²) in [5.41, 5.74) is 3.57. The minimum Gasteiger partial charge on any atom is -0.460 e. The van der Waals surface area contributed by atoms with Gasteiger partial charge in [0.1, 0.15) is 5.60 Å². The number of hydrogen-bond donors (Lipinski definition) is 2. The normalized spacial score (nSPS) is 13.0. The molecule has 3 N–H and O–H groups in total. The standard InChI is InChI=1S/C15H19F3N2O3/c1-14(2,3)23-12(21)7-6-9-4-5-10(13(19)20-22)8-11(9)15(16,17)18/h4-5,8,22H,6-7H2,1-3H3,(H2,19,20). The maximum absolute atomic E-state index is 13.1. The Bertz CT molecular complexity index is 605. The van der Waals surface area contributed by atoms with E-state index in [0.29, 0.717) is 0 Å². The molecule has 0 bridgehead atoms. The molecule has 0 aliphatic heterocycles. The van der Waals surface area contributed by atoms with E-state index in [-0.39, 0.29) is 24.0 Å². The molecule has 1 aromatic carbocycles. The number of rotatable bonds is 4. The molecule has 0 aliphatic carbocycles. The van der Waals surface area contributed by atoms with Crippen LogP contribution < -0.4 is 5.73 Å². The maximum Gasteiger partial charge on any atom is 0.416 e. The molecule has 0 radical (unpaired) electrons. The van der Waals surface area contributed by atoms with E-state index < -0.39 is 29.1 Å². The number of carbonyl (C=O) groups excluding carboxylic acids is 1. The van der Waals surface area contributed by atoms with Crippen molar-refractivity contribution in [2.24, 2.45) is 10.9 Å². The number of amidine groups is 1. The molecular formula is C15H19F3N2O3. The highest BCUT2D eigenvalue weighted by atomic mass is 19.4. The molecule has 0 saturated heterocycles. The van der Waals surface area contributed by atoms with Crippen LogP contribution in [0.25, 0.3) is 0 Å². The van der Waals surface area contributed by atoms with E-state index in [9.17, 15) is 18.0 Å². The molecule has 8 heteroatoms. The summed E-state index contributed by atoms with van der Waals surface area (Å²) in [4.78, 5) is 11.6. The smallest absolute Gasteiger partial charge is 0.416 e. The topological polar surface area (TPSA) is 84.9 Å². The summed E-state index contributed by atoms with van der Waals surface area (Å²) < 4.78 is 44.5. The van der Waals surface area contributed by atoms with E-state index >= 15 is 0 Å². The first kappa shape index (κ1) is 18.8. The van der Waals surface area contributed by atoms with Crippen LogP contribution in [-0.2, 0) is 22.1 Å². The van der Waals surface area contributed by atoms with Crippen molar-refractivity contribution in [2.45, 2.75) is 45.4 Å². The van der Waals surface area contributed by atoms with Crippen LogP contribution in [0.5, 0.6) is 0 Å². The van der Waals surface area contributed by atoms with Gasteiger partial charge in [-0.25, -0.2) is 0 Å². The molecular weight excluding hydrogens is 313 g/mol. The molecule has 0 spiro atoms. The summed E-state index contributed by atoms with van der Waals surface area (Å²) in [5, 5.41) is 11.2. The fourth-order valence-electron chi connectivity index (χ4n) is 1.90. The lowest BCUT2D eigenvalue weighted by atomic mass is 9.99. The van der Waals surface area contributed by atoms with Crippen LogP contribution in [0.4, 0.5) is 13.2 Å². The maximum atomic E-state index is 13.1. The van der Waals surface area contributed by atoms with E-state index in [1.807, 2.05) is 0 Å². The highest BCUT2D eigenvalue weighted by Gasteiger charge is 2.34. The zero-order chi connectivity index (χ0) is 17.8. The van der Waals surface area contributed by atoms with Crippen molar-refractivity contribution in [1.29, 1.82) is 0 Å². The first-order chi connectivity index (χ1) is 10.4. The van der Waals surface area contributed by atoms with Gasteiger partial charge in [0.15, 0.2) is 5.84 Å². The van der Waals surface area contributed by atoms with Gasteiger partial charge in [0, 0.05) is 12.0 Å². The number of halogens is 3. The Balaban J connectivity index is 3.01. The summed E-state index contributed by atoms with van der Waals surface area (Å²) in [6.45, 7) is 5.04. The molecule has 1 rings (SSSR count). The molecule has 0 unspecified atom stereocenters. The van der Waals surface area contributed by atoms with Crippen LogP contribution in [0, 0.1) is 0 Å². The Kier molecular flexibility index (Phi) is 5.63. The van der Waals surface area contributed by atoms with Crippen LogP contribution in [0.2, 0.25) is 0 Å². The highest BCUT2D eigenvalue weighted by molar-refractivity contribution is 5.97. The molecule has 0 fully saturated rings. The summed E-state index contributed by atoms with van der Waals surface area (Å²) in [6, 6.07) is 3.30. The summed E-state index contributed by atoms with van der Waals surface area (Å²) >= 11 is 0. The van der Waals surface area contributed by atoms with E-state index in [0.717, 1.165) is 6.07 Å². The predicted molar refractivity (Wildman–Crippen MR) is 78.1 cm³/mol. The molecule has 128 valence electrons. The number of esters is 1. The summed E-state index contributed by atoms with van der Waals surface area (Å²) in [5.74, 6) is -1.000. The van der Waals surface area contributed by atoms with Gasteiger partial charge in [-0.05, 0) is 38.8 Å². The third-order valence-corrected chi connectivity index (χ3v) is 2.84. The molecule has 0 atom stereocenters.